The lowest BCUT2D eigenvalue weighted by molar-refractivity contribution is -0.123. The fourth-order valence-electron chi connectivity index (χ4n) is 2.91. The number of para-hydroxylation sites is 1. The van der Waals surface area contributed by atoms with Crippen molar-refractivity contribution in [3.05, 3.63) is 101 Å². The number of benzene rings is 3. The van der Waals surface area contributed by atoms with E-state index in [0.29, 0.717) is 17.9 Å². The van der Waals surface area contributed by atoms with Crippen molar-refractivity contribution in [1.82, 2.24) is 10.6 Å². The van der Waals surface area contributed by atoms with Gasteiger partial charge < -0.3 is 15.4 Å². The number of nitrogens with one attached hydrogen (secondary N) is 2. The van der Waals surface area contributed by atoms with Gasteiger partial charge in [-0.3, -0.25) is 9.59 Å². The minimum absolute atomic E-state index is 0.242. The van der Waals surface area contributed by atoms with Gasteiger partial charge in [0.05, 0.1) is 11.6 Å². The molecule has 154 valence electrons. The van der Waals surface area contributed by atoms with Gasteiger partial charge in [-0.15, -0.1) is 0 Å². The molecule has 0 aliphatic rings. The van der Waals surface area contributed by atoms with Crippen LogP contribution in [0, 0.1) is 5.82 Å². The molecule has 3 aromatic rings. The lowest BCUT2D eigenvalue weighted by Crippen LogP contribution is -2.31. The lowest BCUT2D eigenvalue weighted by Gasteiger charge is -2.16. The van der Waals surface area contributed by atoms with E-state index in [1.165, 1.54) is 12.1 Å². The lowest BCUT2D eigenvalue weighted by atomic mass is 10.1. The Morgan fingerprint density at radius 1 is 0.933 bits per heavy atom. The summed E-state index contributed by atoms with van der Waals surface area (Å²) < 4.78 is 18.6. The molecule has 0 bridgehead atoms. The molecule has 3 aromatic carbocycles. The molecule has 0 heterocycles. The molecule has 2 amide bonds. The van der Waals surface area contributed by atoms with Gasteiger partial charge in [-0.25, -0.2) is 4.39 Å². The third-order valence-corrected chi connectivity index (χ3v) is 4.53. The van der Waals surface area contributed by atoms with E-state index in [1.54, 1.807) is 43.3 Å². The van der Waals surface area contributed by atoms with Gasteiger partial charge in [0.25, 0.3) is 11.8 Å². The van der Waals surface area contributed by atoms with Crippen molar-refractivity contribution in [3.63, 3.8) is 0 Å². The van der Waals surface area contributed by atoms with Gasteiger partial charge in [-0.2, -0.15) is 0 Å². The minimum atomic E-state index is -0.341. The molecule has 0 aliphatic heterocycles. The van der Waals surface area contributed by atoms with Crippen LogP contribution in [0.1, 0.15) is 34.5 Å². The zero-order valence-electron chi connectivity index (χ0n) is 16.6. The Morgan fingerprint density at radius 3 is 2.33 bits per heavy atom. The maximum atomic E-state index is 13.0. The number of carbonyl (C=O) groups is 2. The first-order valence-corrected chi connectivity index (χ1v) is 9.61. The molecule has 3 rings (SSSR count). The third kappa shape index (κ3) is 5.91. The van der Waals surface area contributed by atoms with Crippen LogP contribution in [0.3, 0.4) is 0 Å². The second-order valence-corrected chi connectivity index (χ2v) is 6.79. The Morgan fingerprint density at radius 2 is 1.60 bits per heavy atom. The monoisotopic (exact) mass is 406 g/mol. The second-order valence-electron chi connectivity index (χ2n) is 6.79. The maximum Gasteiger partial charge on any atom is 0.258 e. The van der Waals surface area contributed by atoms with E-state index in [-0.39, 0.29) is 30.3 Å². The summed E-state index contributed by atoms with van der Waals surface area (Å²) in [5.74, 6) is -0.628. The highest BCUT2D eigenvalue weighted by molar-refractivity contribution is 5.97. The van der Waals surface area contributed by atoms with Crippen molar-refractivity contribution in [2.45, 2.75) is 19.5 Å². The van der Waals surface area contributed by atoms with E-state index in [1.807, 2.05) is 30.3 Å². The van der Waals surface area contributed by atoms with Gasteiger partial charge in [-0.1, -0.05) is 54.6 Å². The molecule has 2 N–H and O–H groups in total. The van der Waals surface area contributed by atoms with Crippen LogP contribution >= 0.6 is 0 Å². The predicted octanol–water partition coefficient (Wildman–Crippen LogP) is 4.01. The summed E-state index contributed by atoms with van der Waals surface area (Å²) in [5, 5.41) is 5.65. The number of hydrogen-bond acceptors (Lipinski definition) is 3. The normalized spacial score (nSPS) is 11.4. The van der Waals surface area contributed by atoms with E-state index in [9.17, 15) is 14.0 Å². The fourth-order valence-corrected chi connectivity index (χ4v) is 2.91. The Kier molecular flexibility index (Phi) is 7.16. The summed E-state index contributed by atoms with van der Waals surface area (Å²) in [6, 6.07) is 22.0. The van der Waals surface area contributed by atoms with Crippen LogP contribution in [0.5, 0.6) is 5.75 Å². The summed E-state index contributed by atoms with van der Waals surface area (Å²) in [5.41, 5.74) is 2.12. The van der Waals surface area contributed by atoms with Crippen molar-refractivity contribution >= 4 is 11.8 Å². The molecule has 0 fully saturated rings. The van der Waals surface area contributed by atoms with Crippen LogP contribution in [0.4, 0.5) is 4.39 Å². The van der Waals surface area contributed by atoms with E-state index in [4.69, 9.17) is 4.74 Å². The van der Waals surface area contributed by atoms with Gasteiger partial charge >= 0.3 is 0 Å². The van der Waals surface area contributed by atoms with Crippen LogP contribution in [0.2, 0.25) is 0 Å². The van der Waals surface area contributed by atoms with Crippen LogP contribution in [-0.2, 0) is 11.3 Å². The number of ether oxygens (including phenoxy) is 1. The average molecular weight is 406 g/mol. The van der Waals surface area contributed by atoms with Crippen molar-refractivity contribution < 1.29 is 18.7 Å². The maximum absolute atomic E-state index is 13.0. The van der Waals surface area contributed by atoms with Crippen molar-refractivity contribution in [1.29, 1.82) is 0 Å². The van der Waals surface area contributed by atoms with E-state index in [2.05, 4.69) is 10.6 Å². The summed E-state index contributed by atoms with van der Waals surface area (Å²) >= 11 is 0. The van der Waals surface area contributed by atoms with Crippen LogP contribution < -0.4 is 15.4 Å². The third-order valence-electron chi connectivity index (χ3n) is 4.53. The highest BCUT2D eigenvalue weighted by Crippen LogP contribution is 2.18. The number of hydrogen-bond donors (Lipinski definition) is 2. The minimum Gasteiger partial charge on any atom is -0.483 e. The second kappa shape index (κ2) is 10.2. The smallest absolute Gasteiger partial charge is 0.258 e. The molecule has 30 heavy (non-hydrogen) atoms. The quantitative estimate of drug-likeness (QED) is 0.594. The standard InChI is InChI=1S/C24H23FN2O3/c1-17(19-11-13-20(25)14-12-19)27-23(28)16-30-22-10-6-5-9-21(22)24(29)26-15-18-7-3-2-4-8-18/h2-14,17H,15-16H2,1H3,(H,26,29)(H,27,28)/t17-/m1/s1. The molecule has 0 aliphatic carbocycles. The Bertz CT molecular complexity index is 991. The number of rotatable bonds is 8. The van der Waals surface area contributed by atoms with Gasteiger partial charge in [0, 0.05) is 6.54 Å². The molecular formula is C24H23FN2O3. The molecule has 0 saturated carbocycles. The van der Waals surface area contributed by atoms with Crippen LogP contribution in [0.25, 0.3) is 0 Å². The molecule has 0 saturated heterocycles. The SMILES string of the molecule is C[C@@H](NC(=O)COc1ccccc1C(=O)NCc1ccccc1)c1ccc(F)cc1. The molecular weight excluding hydrogens is 383 g/mol. The fraction of sp³-hybridized carbons (Fsp3) is 0.167. The molecule has 0 spiro atoms. The average Bonchev–Trinajstić information content (AvgIpc) is 2.77. The number of halogens is 1. The molecule has 5 nitrogen and oxygen atoms in total. The molecule has 6 heteroatoms. The van der Waals surface area contributed by atoms with Crippen LogP contribution in [0.15, 0.2) is 78.9 Å². The Balaban J connectivity index is 1.55. The molecule has 1 atom stereocenters. The zero-order valence-corrected chi connectivity index (χ0v) is 16.6. The van der Waals surface area contributed by atoms with Gasteiger partial charge in [0.2, 0.25) is 0 Å². The number of carbonyl (C=O) groups excluding carboxylic acids is 2. The van der Waals surface area contributed by atoms with Gasteiger partial charge in [0.15, 0.2) is 6.61 Å². The molecule has 0 aromatic heterocycles. The summed E-state index contributed by atoms with van der Waals surface area (Å²) in [7, 11) is 0. The van der Waals surface area contributed by atoms with E-state index < -0.39 is 0 Å². The summed E-state index contributed by atoms with van der Waals surface area (Å²) in [6.45, 7) is 1.95. The van der Waals surface area contributed by atoms with Crippen molar-refractivity contribution in [2.24, 2.45) is 0 Å². The van der Waals surface area contributed by atoms with E-state index >= 15 is 0 Å². The molecule has 0 radical (unpaired) electrons. The zero-order chi connectivity index (χ0) is 21.3. The van der Waals surface area contributed by atoms with Gasteiger partial charge in [0.1, 0.15) is 11.6 Å². The Hall–Kier alpha value is -3.67. The van der Waals surface area contributed by atoms with Gasteiger partial charge in [-0.05, 0) is 42.3 Å². The predicted molar refractivity (Wildman–Crippen MR) is 113 cm³/mol. The van der Waals surface area contributed by atoms with Crippen LogP contribution in [-0.4, -0.2) is 18.4 Å². The topological polar surface area (TPSA) is 67.4 Å². The first-order chi connectivity index (χ1) is 14.5. The molecule has 0 unspecified atom stereocenters. The highest BCUT2D eigenvalue weighted by atomic mass is 19.1. The van der Waals surface area contributed by atoms with E-state index in [0.717, 1.165) is 11.1 Å². The highest BCUT2D eigenvalue weighted by Gasteiger charge is 2.14. The summed E-state index contributed by atoms with van der Waals surface area (Å²) in [6.07, 6.45) is 0. The van der Waals surface area contributed by atoms with Crippen molar-refractivity contribution in [2.75, 3.05) is 6.61 Å². The first kappa shape index (κ1) is 21.0. The van der Waals surface area contributed by atoms with Crippen molar-refractivity contribution in [3.8, 4) is 5.75 Å². The largest absolute Gasteiger partial charge is 0.483 e. The first-order valence-electron chi connectivity index (χ1n) is 9.61. The Labute approximate surface area is 174 Å². The number of amides is 2. The summed E-state index contributed by atoms with van der Waals surface area (Å²) in [4.78, 5) is 24.8.